The predicted octanol–water partition coefficient (Wildman–Crippen LogP) is 20.2. The van der Waals surface area contributed by atoms with Crippen LogP contribution >= 0.6 is 63.7 Å². The fourth-order valence-electron chi connectivity index (χ4n) is 17.8. The quantitative estimate of drug-likeness (QED) is 0.0103. The molecular formula is C115H108Br4FN9O21. The third-order valence-corrected chi connectivity index (χ3v) is 26.8. The minimum Gasteiger partial charge on any atom is -0.488 e. The van der Waals surface area contributed by atoms with Gasteiger partial charge in [-0.25, -0.2) is 18.8 Å². The van der Waals surface area contributed by atoms with Gasteiger partial charge in [0.1, 0.15) is 73.9 Å². The number of ether oxygens (including phenoxy) is 9. The third kappa shape index (κ3) is 26.0. The number of methoxy groups -OCH3 is 5. The highest BCUT2D eigenvalue weighted by Gasteiger charge is 2.62. The molecule has 6 heterocycles. The Kier molecular flexibility index (Phi) is 39.3. The van der Waals surface area contributed by atoms with Crippen molar-refractivity contribution in [3.63, 3.8) is 0 Å². The number of anilines is 4. The zero-order valence-corrected chi connectivity index (χ0v) is 86.6. The Hall–Kier alpha value is -15.2. The fourth-order valence-corrected chi connectivity index (χ4v) is 19.1. The number of carbonyl (C=O) groups is 11. The molecule has 0 radical (unpaired) electrons. The van der Waals surface area contributed by atoms with E-state index >= 15 is 0 Å². The van der Waals surface area contributed by atoms with Crippen LogP contribution in [0.4, 0.5) is 36.7 Å². The average molecular weight is 2290 g/mol. The van der Waals surface area contributed by atoms with Gasteiger partial charge < -0.3 is 73.9 Å². The van der Waals surface area contributed by atoms with Gasteiger partial charge in [0.2, 0.25) is 5.91 Å². The number of halogens is 5. The van der Waals surface area contributed by atoms with Crippen LogP contribution in [0.15, 0.2) is 370 Å². The van der Waals surface area contributed by atoms with E-state index in [0.717, 1.165) is 67.6 Å². The van der Waals surface area contributed by atoms with E-state index in [1.54, 1.807) is 25.7 Å². The van der Waals surface area contributed by atoms with Crippen LogP contribution < -0.4 is 54.9 Å². The molecule has 6 saturated heterocycles. The molecule has 6 aliphatic rings. The Morgan fingerprint density at radius 1 is 0.353 bits per heavy atom. The maximum atomic E-state index is 13.6. The number of urea groups is 2. The summed E-state index contributed by atoms with van der Waals surface area (Å²) in [6.45, 7) is 0.795. The highest BCUT2D eigenvalue weighted by atomic mass is 79.9. The van der Waals surface area contributed by atoms with Crippen molar-refractivity contribution in [3.05, 3.63) is 426 Å². The van der Waals surface area contributed by atoms with Crippen LogP contribution in [0.5, 0.6) is 23.0 Å². The summed E-state index contributed by atoms with van der Waals surface area (Å²) in [4.78, 5) is 146. The van der Waals surface area contributed by atoms with Gasteiger partial charge in [-0.2, -0.15) is 0 Å². The van der Waals surface area contributed by atoms with Gasteiger partial charge in [0.25, 0.3) is 29.5 Å². The van der Waals surface area contributed by atoms with Crippen molar-refractivity contribution < 1.29 is 105 Å². The van der Waals surface area contributed by atoms with Gasteiger partial charge in [-0.1, -0.05) is 303 Å². The van der Waals surface area contributed by atoms with E-state index in [-0.39, 0.29) is 50.6 Å². The van der Waals surface area contributed by atoms with E-state index in [4.69, 9.17) is 53.5 Å². The molecule has 30 nitrogen and oxygen atoms in total. The maximum Gasteiger partial charge on any atom is 0.330 e. The lowest BCUT2D eigenvalue weighted by Gasteiger charge is -2.50. The number of rotatable bonds is 31. The number of amides is 10. The molecule has 35 heteroatoms. The van der Waals surface area contributed by atoms with Gasteiger partial charge in [-0.15, -0.1) is 0 Å². The van der Waals surface area contributed by atoms with Crippen molar-refractivity contribution >= 4 is 152 Å². The van der Waals surface area contributed by atoms with Crippen LogP contribution in [-0.2, 0) is 88.5 Å². The molecule has 12 atom stereocenters. The average Bonchev–Trinajstić information content (AvgIpc) is 1.35. The van der Waals surface area contributed by atoms with Crippen molar-refractivity contribution in [1.82, 2.24) is 20.4 Å². The summed E-state index contributed by atoms with van der Waals surface area (Å²) in [5.74, 6) is -3.04. The first-order valence-corrected chi connectivity index (χ1v) is 49.7. The van der Waals surface area contributed by atoms with Crippen LogP contribution in [0.1, 0.15) is 93.9 Å². The summed E-state index contributed by atoms with van der Waals surface area (Å²) in [6, 6.07) is 98.9. The maximum absolute atomic E-state index is 13.6. The third-order valence-electron chi connectivity index (χ3n) is 24.8. The number of para-hydroxylation sites is 4. The number of nitrogens with zero attached hydrogens (tertiary/aromatic N) is 6. The van der Waals surface area contributed by atoms with Crippen molar-refractivity contribution in [2.45, 2.75) is 114 Å². The number of carboxylic acid groups (broad SMARTS) is 1. The first-order chi connectivity index (χ1) is 71.7. The van der Waals surface area contributed by atoms with Crippen molar-refractivity contribution in [2.24, 2.45) is 5.73 Å². The summed E-state index contributed by atoms with van der Waals surface area (Å²) in [6.07, 6.45) is -1.24. The number of nitrogens with one attached hydrogen (secondary N) is 2. The second-order valence-corrected chi connectivity index (χ2v) is 37.7. The normalized spacial score (nSPS) is 19.8. The Balaban J connectivity index is 0.000000160. The van der Waals surface area contributed by atoms with Gasteiger partial charge in [-0.05, 0) is 150 Å². The standard InChI is InChI=1S/C31H24BrFN2O3.C28H25BrN2O6.C24H21BrN2O4.C22H19BrN2O2.C8H11NO6.2CH4/c32-23-13-16-26(29(19-23)38-20-21-7-3-1-4-8-21)30-27(17-18-28(36)22-11-14-24(33)15-12-22)34-31(37)35(30)25-9-5-2-6-10-25;1-35-24-25(36-2)28(34)31(27(24)33)23-22(30(26(23)32)19-11-7-4-8-12-19)20-14-13-18(29)15-21(20)37-16-17-9-5-3-6-10-17;1-30-23(28)21-22(27(24(29)26-21)18-10-6-3-7-11-18)19-13-12-17(25)14-20(19)31-15-16-8-4-2-5-9-16;23-16-11-12-18(19(13-16)27-14-15-7-3-1-4-8-15)21-20(24)22(26)25(21)17-9-5-2-6-10-17;1-14-5-6(15-2)8(13)9(7(5)12)3-4(10)11;;/h1-19,27,30H,20H2,(H,34,37);3-15,22-25H,16H2,1-2H3;2-14,21-22H,15H2,1H3,(H,26,29);1-13,20-21H,14,24H2;5-6H,3H2,1-2H3,(H,10,11);2*1H4/b18-17+;;;;;;/t27-,30+;22-,23?,24-,25-;21-,22-;20-,21-;5-,6-;;/m01111../s1. The number of carboxylic acids is 1. The molecule has 0 saturated carbocycles. The molecular weight excluding hydrogens is 2180 g/mol. The lowest BCUT2D eigenvalue weighted by Crippen LogP contribution is -2.67. The van der Waals surface area contributed by atoms with Crippen LogP contribution in [0, 0.1) is 5.82 Å². The number of hydrogen-bond acceptors (Lipinski definition) is 21. The number of esters is 1. The highest BCUT2D eigenvalue weighted by Crippen LogP contribution is 2.50. The number of imide groups is 2. The minimum absolute atomic E-state index is 0. The number of β-lactam (4-membered cyclic amide) rings is 2. The van der Waals surface area contributed by atoms with Crippen molar-refractivity contribution in [1.29, 1.82) is 0 Å². The topological polar surface area (TPSA) is 361 Å². The Bertz CT molecular complexity index is 6900. The van der Waals surface area contributed by atoms with Gasteiger partial charge in [0.15, 0.2) is 36.2 Å². The number of benzene rings is 13. The Morgan fingerprint density at radius 2 is 0.660 bits per heavy atom. The molecule has 150 heavy (non-hydrogen) atoms. The zero-order valence-electron chi connectivity index (χ0n) is 80.2. The zero-order chi connectivity index (χ0) is 105. The van der Waals surface area contributed by atoms with E-state index in [9.17, 15) is 57.1 Å². The molecule has 6 aliphatic heterocycles. The second-order valence-electron chi connectivity index (χ2n) is 34.1. The minimum atomic E-state index is -1.26. The molecule has 0 spiro atoms. The van der Waals surface area contributed by atoms with Crippen LogP contribution in [0.3, 0.4) is 0 Å². The van der Waals surface area contributed by atoms with E-state index in [1.807, 2.05) is 315 Å². The number of ketones is 1. The van der Waals surface area contributed by atoms with E-state index in [2.05, 4.69) is 74.4 Å². The van der Waals surface area contributed by atoms with Crippen molar-refractivity contribution in [3.8, 4) is 23.0 Å². The predicted molar refractivity (Wildman–Crippen MR) is 577 cm³/mol. The SMILES string of the molecule is C.C.COC(=O)[C@@H]1NC(=O)N(c2ccccc2)[C@@H]1c1ccc(Br)cc1OCc1ccccc1.CO[C@H]1C(=O)N(C2C(=O)N(c3ccccc3)[C@@H]2c2ccc(Br)cc2OCc2ccccc2)C(=O)[C@@H]1OC.CO[C@H]1C(=O)N(CC(=O)O)C(=O)[C@@H]1OC.N[C@H]1C(=O)N(c2ccccc2)[C@@H]1c1ccc(Br)cc1OCc1ccccc1.O=C(/C=C/[C@@H]1NC(=O)N(c2ccccc2)[C@@H]1c1ccc(Br)cc1OCc1ccccc1)c1ccc(F)cc1. The molecule has 0 bridgehead atoms. The number of nitrogens with two attached hydrogens (primary N) is 1. The number of carbonyl (C=O) groups excluding carboxylic acids is 10. The molecule has 6 fully saturated rings. The first-order valence-electron chi connectivity index (χ1n) is 46.5. The van der Waals surface area contributed by atoms with E-state index < -0.39 is 115 Å². The smallest absolute Gasteiger partial charge is 0.330 e. The lowest BCUT2D eigenvalue weighted by atomic mass is 9.86. The number of allylic oxidation sites excluding steroid dienone is 1. The summed E-state index contributed by atoms with van der Waals surface area (Å²) < 4.78 is 66.5. The Labute approximate surface area is 900 Å². The molecule has 10 amide bonds. The molecule has 774 valence electrons. The lowest BCUT2D eigenvalue weighted by molar-refractivity contribution is -0.153. The van der Waals surface area contributed by atoms with E-state index in [1.165, 1.54) is 65.9 Å². The molecule has 0 aliphatic carbocycles. The van der Waals surface area contributed by atoms with Crippen molar-refractivity contribution in [2.75, 3.05) is 61.7 Å². The number of likely N-dealkylation sites (tertiary alicyclic amines) is 2. The summed E-state index contributed by atoms with van der Waals surface area (Å²) >= 11 is 14.0. The van der Waals surface area contributed by atoms with Crippen LogP contribution in [-0.4, -0.2) is 171 Å². The van der Waals surface area contributed by atoms with Gasteiger partial charge in [-0.3, -0.25) is 58.0 Å². The van der Waals surface area contributed by atoms with Gasteiger partial charge in [0.05, 0.1) is 37.3 Å². The van der Waals surface area contributed by atoms with Gasteiger partial charge in [0, 0.05) is 96.9 Å². The first kappa shape index (κ1) is 112. The Morgan fingerprint density at radius 3 is 1.01 bits per heavy atom. The fraction of sp³-hybridized carbons (Fsp3) is 0.209. The van der Waals surface area contributed by atoms with Crippen LogP contribution in [0.2, 0.25) is 0 Å². The molecule has 19 rings (SSSR count). The second kappa shape index (κ2) is 52.6. The summed E-state index contributed by atoms with van der Waals surface area (Å²) in [5, 5.41) is 14.3. The number of hydrogen-bond donors (Lipinski definition) is 4. The number of aliphatic carboxylic acids is 1. The molecule has 0 aromatic heterocycles. The molecule has 5 N–H and O–H groups in total. The highest BCUT2D eigenvalue weighted by molar-refractivity contribution is 9.11. The molecule has 13 aromatic rings. The summed E-state index contributed by atoms with van der Waals surface area (Å²) in [5.41, 5.74) is 16.6. The monoisotopic (exact) mass is 2290 g/mol. The largest absolute Gasteiger partial charge is 0.488 e. The van der Waals surface area contributed by atoms with E-state index in [0.29, 0.717) is 82.3 Å². The van der Waals surface area contributed by atoms with Gasteiger partial charge >= 0.3 is 24.0 Å². The summed E-state index contributed by atoms with van der Waals surface area (Å²) in [7, 11) is 6.50. The van der Waals surface area contributed by atoms with Crippen LogP contribution in [0.25, 0.3) is 0 Å². The molecule has 1 unspecified atom stereocenters. The molecule has 13 aromatic carbocycles.